The summed E-state index contributed by atoms with van der Waals surface area (Å²) in [4.78, 5) is 23.3. The van der Waals surface area contributed by atoms with Crippen LogP contribution in [0.2, 0.25) is 0 Å². The van der Waals surface area contributed by atoms with Crippen LogP contribution in [-0.2, 0) is 9.53 Å². The first-order chi connectivity index (χ1) is 9.15. The van der Waals surface area contributed by atoms with E-state index in [1.165, 1.54) is 6.20 Å². The van der Waals surface area contributed by atoms with Crippen LogP contribution in [0.5, 0.6) is 0 Å². The Morgan fingerprint density at radius 2 is 1.95 bits per heavy atom. The number of ether oxygens (including phenoxy) is 1. The molecule has 0 radical (unpaired) electrons. The number of benzene rings is 1. The van der Waals surface area contributed by atoms with Crippen molar-refractivity contribution in [1.29, 1.82) is 0 Å². The topological polar surface area (TPSA) is 61.2 Å². The predicted molar refractivity (Wildman–Crippen MR) is 69.3 cm³/mol. The summed E-state index contributed by atoms with van der Waals surface area (Å²) in [5.74, 6) is -1.51. The molecule has 1 aromatic carbocycles. The Morgan fingerprint density at radius 3 is 2.58 bits per heavy atom. The normalized spacial score (nSPS) is 10.2. The van der Waals surface area contributed by atoms with Gasteiger partial charge in [0.05, 0.1) is 29.7 Å². The Balaban J connectivity index is 2.34. The molecular weight excluding hydrogens is 244 g/mol. The van der Waals surface area contributed by atoms with E-state index < -0.39 is 11.8 Å². The van der Waals surface area contributed by atoms with Crippen molar-refractivity contribution in [3.63, 3.8) is 0 Å². The highest BCUT2D eigenvalue weighted by Crippen LogP contribution is 2.14. The third-order valence-electron chi connectivity index (χ3n) is 2.72. The molecule has 5 heteroatoms. The zero-order chi connectivity index (χ0) is 13.8. The van der Waals surface area contributed by atoms with Crippen molar-refractivity contribution in [3.05, 3.63) is 47.8 Å². The highest BCUT2D eigenvalue weighted by Gasteiger charge is 2.22. The summed E-state index contributed by atoms with van der Waals surface area (Å²) in [6.45, 7) is 3.58. The van der Waals surface area contributed by atoms with E-state index in [2.05, 4.69) is 5.10 Å². The largest absolute Gasteiger partial charge is 0.460 e. The van der Waals surface area contributed by atoms with Gasteiger partial charge in [-0.2, -0.15) is 5.10 Å². The van der Waals surface area contributed by atoms with Crippen LogP contribution in [0.1, 0.15) is 23.0 Å². The standard InChI is InChI=1S/C14H14N2O3/c1-3-19-14(18)13(17)12-9-15-16(10(12)2)11-7-5-4-6-8-11/h4-9H,3H2,1-2H3. The minimum Gasteiger partial charge on any atom is -0.460 e. The minimum atomic E-state index is -0.849. The SMILES string of the molecule is CCOC(=O)C(=O)c1cnn(-c2ccccc2)c1C. The molecule has 0 amide bonds. The Labute approximate surface area is 110 Å². The predicted octanol–water partition coefficient (Wildman–Crippen LogP) is 1.93. The van der Waals surface area contributed by atoms with E-state index in [-0.39, 0.29) is 12.2 Å². The molecule has 0 fully saturated rings. The summed E-state index contributed by atoms with van der Waals surface area (Å²) < 4.78 is 6.32. The number of nitrogens with zero attached hydrogens (tertiary/aromatic N) is 2. The van der Waals surface area contributed by atoms with Gasteiger partial charge in [-0.1, -0.05) is 18.2 Å². The van der Waals surface area contributed by atoms with Crippen LogP contribution >= 0.6 is 0 Å². The molecule has 1 aromatic heterocycles. The lowest BCUT2D eigenvalue weighted by Crippen LogP contribution is -2.18. The second kappa shape index (κ2) is 5.48. The van der Waals surface area contributed by atoms with Crippen LogP contribution in [0.25, 0.3) is 5.69 Å². The van der Waals surface area contributed by atoms with Crippen molar-refractivity contribution in [2.75, 3.05) is 6.61 Å². The lowest BCUT2D eigenvalue weighted by molar-refractivity contribution is -0.137. The van der Waals surface area contributed by atoms with Gasteiger partial charge in [0.1, 0.15) is 0 Å². The van der Waals surface area contributed by atoms with Gasteiger partial charge in [0.2, 0.25) is 0 Å². The van der Waals surface area contributed by atoms with Gasteiger partial charge < -0.3 is 4.74 Å². The van der Waals surface area contributed by atoms with E-state index in [0.717, 1.165) is 5.69 Å². The molecule has 0 saturated heterocycles. The van der Waals surface area contributed by atoms with Crippen molar-refractivity contribution >= 4 is 11.8 Å². The average Bonchev–Trinajstić information content (AvgIpc) is 2.81. The molecule has 0 unspecified atom stereocenters. The summed E-state index contributed by atoms with van der Waals surface area (Å²) in [5, 5.41) is 4.14. The molecule has 0 atom stereocenters. The fourth-order valence-electron chi connectivity index (χ4n) is 1.77. The molecule has 0 N–H and O–H groups in total. The van der Waals surface area contributed by atoms with Crippen LogP contribution in [0.4, 0.5) is 0 Å². The van der Waals surface area contributed by atoms with E-state index in [0.29, 0.717) is 5.69 Å². The Kier molecular flexibility index (Phi) is 3.75. The number of rotatable bonds is 4. The van der Waals surface area contributed by atoms with Crippen LogP contribution in [0.3, 0.4) is 0 Å². The quantitative estimate of drug-likeness (QED) is 0.477. The molecule has 5 nitrogen and oxygen atoms in total. The lowest BCUT2D eigenvalue weighted by Gasteiger charge is -2.04. The van der Waals surface area contributed by atoms with Gasteiger partial charge in [-0.15, -0.1) is 0 Å². The summed E-state index contributed by atoms with van der Waals surface area (Å²) in [5.41, 5.74) is 1.72. The first kappa shape index (κ1) is 13.0. The molecule has 0 aliphatic heterocycles. The van der Waals surface area contributed by atoms with Crippen LogP contribution in [-0.4, -0.2) is 28.1 Å². The highest BCUT2D eigenvalue weighted by molar-refractivity contribution is 6.40. The molecule has 2 aromatic rings. The van der Waals surface area contributed by atoms with Crippen LogP contribution < -0.4 is 0 Å². The van der Waals surface area contributed by atoms with Gasteiger partial charge in [-0.3, -0.25) is 4.79 Å². The summed E-state index contributed by atoms with van der Waals surface area (Å²) in [7, 11) is 0. The van der Waals surface area contributed by atoms with E-state index in [9.17, 15) is 9.59 Å². The maximum atomic E-state index is 11.9. The molecule has 0 spiro atoms. The van der Waals surface area contributed by atoms with Gasteiger partial charge in [-0.25, -0.2) is 9.48 Å². The summed E-state index contributed by atoms with van der Waals surface area (Å²) in [6, 6.07) is 9.40. The van der Waals surface area contributed by atoms with Gasteiger partial charge >= 0.3 is 5.97 Å². The molecule has 19 heavy (non-hydrogen) atoms. The highest BCUT2D eigenvalue weighted by atomic mass is 16.5. The maximum absolute atomic E-state index is 11.9. The number of hydrogen-bond acceptors (Lipinski definition) is 4. The molecule has 1 heterocycles. The fraction of sp³-hybridized carbons (Fsp3) is 0.214. The minimum absolute atomic E-state index is 0.177. The number of Topliss-reactive ketones (excluding diaryl/α,β-unsaturated/α-hetero) is 1. The van der Waals surface area contributed by atoms with Crippen molar-refractivity contribution < 1.29 is 14.3 Å². The Morgan fingerprint density at radius 1 is 1.26 bits per heavy atom. The van der Waals surface area contributed by atoms with Crippen molar-refractivity contribution in [2.45, 2.75) is 13.8 Å². The van der Waals surface area contributed by atoms with E-state index in [1.807, 2.05) is 30.3 Å². The first-order valence-electron chi connectivity index (χ1n) is 5.96. The first-order valence-corrected chi connectivity index (χ1v) is 5.96. The van der Waals surface area contributed by atoms with E-state index in [4.69, 9.17) is 4.74 Å². The number of hydrogen-bond donors (Lipinski definition) is 0. The molecule has 0 saturated carbocycles. The average molecular weight is 258 g/mol. The van der Waals surface area contributed by atoms with E-state index in [1.54, 1.807) is 18.5 Å². The van der Waals surface area contributed by atoms with Gasteiger partial charge in [0.15, 0.2) is 0 Å². The molecule has 98 valence electrons. The van der Waals surface area contributed by atoms with Crippen LogP contribution in [0, 0.1) is 6.92 Å². The van der Waals surface area contributed by atoms with E-state index >= 15 is 0 Å². The van der Waals surface area contributed by atoms with Gasteiger partial charge in [-0.05, 0) is 26.0 Å². The molecular formula is C14H14N2O3. The molecule has 0 aliphatic rings. The summed E-state index contributed by atoms with van der Waals surface area (Å²) in [6.07, 6.45) is 1.39. The second-order valence-electron chi connectivity index (χ2n) is 3.94. The number of esters is 1. The third-order valence-corrected chi connectivity index (χ3v) is 2.72. The fourth-order valence-corrected chi connectivity index (χ4v) is 1.77. The van der Waals surface area contributed by atoms with Gasteiger partial charge in [0.25, 0.3) is 5.78 Å². The zero-order valence-electron chi connectivity index (χ0n) is 10.8. The summed E-state index contributed by atoms with van der Waals surface area (Å²) >= 11 is 0. The smallest absolute Gasteiger partial charge is 0.379 e. The number of carbonyl (C=O) groups is 2. The van der Waals surface area contributed by atoms with Crippen molar-refractivity contribution in [1.82, 2.24) is 9.78 Å². The Hall–Kier alpha value is -2.43. The number of para-hydroxylation sites is 1. The second-order valence-corrected chi connectivity index (χ2v) is 3.94. The number of ketones is 1. The van der Waals surface area contributed by atoms with Gasteiger partial charge in [0, 0.05) is 0 Å². The maximum Gasteiger partial charge on any atom is 0.379 e. The lowest BCUT2D eigenvalue weighted by atomic mass is 10.1. The Bertz CT molecular complexity index is 602. The molecule has 0 aliphatic carbocycles. The third kappa shape index (κ3) is 2.54. The molecule has 2 rings (SSSR count). The molecule has 0 bridgehead atoms. The van der Waals surface area contributed by atoms with Crippen molar-refractivity contribution in [2.24, 2.45) is 0 Å². The van der Waals surface area contributed by atoms with Crippen molar-refractivity contribution in [3.8, 4) is 5.69 Å². The number of carbonyl (C=O) groups excluding carboxylic acids is 2. The van der Waals surface area contributed by atoms with Crippen LogP contribution in [0.15, 0.2) is 36.5 Å². The monoisotopic (exact) mass is 258 g/mol. The zero-order valence-corrected chi connectivity index (χ0v) is 10.8. The number of aromatic nitrogens is 2.